The molecule has 0 amide bonds. The molecule has 0 spiro atoms. The van der Waals surface area contributed by atoms with Crippen LogP contribution in [0.15, 0.2) is 23.8 Å². The second kappa shape index (κ2) is 8.25. The lowest BCUT2D eigenvalue weighted by Gasteiger charge is -2.41. The van der Waals surface area contributed by atoms with Gasteiger partial charge < -0.3 is 25.5 Å². The van der Waals surface area contributed by atoms with E-state index in [4.69, 9.17) is 5.11 Å². The van der Waals surface area contributed by atoms with Gasteiger partial charge in [0.25, 0.3) is 0 Å². The summed E-state index contributed by atoms with van der Waals surface area (Å²) in [6.45, 7) is 2.07. The van der Waals surface area contributed by atoms with E-state index >= 15 is 0 Å². The van der Waals surface area contributed by atoms with E-state index in [2.05, 4.69) is 13.0 Å². The van der Waals surface area contributed by atoms with Gasteiger partial charge in [0.2, 0.25) is 0 Å². The quantitative estimate of drug-likeness (QED) is 0.469. The third kappa shape index (κ3) is 4.89. The minimum absolute atomic E-state index is 0.0396. The minimum atomic E-state index is -1.08. The van der Waals surface area contributed by atoms with E-state index < -0.39 is 30.4 Å². The highest BCUT2D eigenvalue weighted by Gasteiger charge is 2.39. The molecular weight excluding hydrogens is 312 g/mol. The third-order valence-corrected chi connectivity index (χ3v) is 5.18. The molecule has 0 aromatic carbocycles. The van der Waals surface area contributed by atoms with Crippen molar-refractivity contribution in [3.63, 3.8) is 0 Å². The van der Waals surface area contributed by atoms with Gasteiger partial charge in [-0.1, -0.05) is 25.2 Å². The van der Waals surface area contributed by atoms with E-state index in [0.717, 1.165) is 5.57 Å². The fourth-order valence-corrected chi connectivity index (χ4v) is 3.99. The molecule has 6 nitrogen and oxygen atoms in total. The molecule has 6 heteroatoms. The van der Waals surface area contributed by atoms with E-state index in [0.29, 0.717) is 19.3 Å². The number of hydrogen-bond donors (Lipinski definition) is 5. The van der Waals surface area contributed by atoms with Crippen LogP contribution in [0.4, 0.5) is 0 Å². The fourth-order valence-electron chi connectivity index (χ4n) is 3.99. The van der Waals surface area contributed by atoms with Crippen LogP contribution in [0, 0.1) is 17.8 Å². The molecule has 2 aliphatic rings. The number of allylic oxidation sites excluding steroid dienone is 2. The van der Waals surface area contributed by atoms with Gasteiger partial charge >= 0.3 is 5.97 Å². The number of aliphatic hydroxyl groups excluding tert-OH is 4. The van der Waals surface area contributed by atoms with E-state index in [9.17, 15) is 25.2 Å². The molecule has 24 heavy (non-hydrogen) atoms. The van der Waals surface area contributed by atoms with Crippen LogP contribution in [0.5, 0.6) is 0 Å². The van der Waals surface area contributed by atoms with Crippen LogP contribution < -0.4 is 0 Å². The largest absolute Gasteiger partial charge is 0.481 e. The SMILES string of the molecule is C[C@@H]1C=CC2=C[C@@H](O)C[C@H](O)[C@@H]2[C@H]1CC[C@@H](O)C[C@H](O)CC(=O)O. The number of fused-ring (bicyclic) bond motifs is 1. The third-order valence-electron chi connectivity index (χ3n) is 5.18. The summed E-state index contributed by atoms with van der Waals surface area (Å²) < 4.78 is 0. The van der Waals surface area contributed by atoms with Gasteiger partial charge in [-0.3, -0.25) is 4.79 Å². The predicted octanol–water partition coefficient (Wildman–Crippen LogP) is 0.843. The minimum Gasteiger partial charge on any atom is -0.481 e. The Kier molecular flexibility index (Phi) is 6.57. The van der Waals surface area contributed by atoms with Crippen LogP contribution in [0.1, 0.15) is 39.0 Å². The van der Waals surface area contributed by atoms with Crippen LogP contribution in [0.2, 0.25) is 0 Å². The normalized spacial score (nSPS) is 35.0. The van der Waals surface area contributed by atoms with Gasteiger partial charge in [-0.25, -0.2) is 0 Å². The molecule has 2 aliphatic carbocycles. The zero-order valence-electron chi connectivity index (χ0n) is 14.0. The number of carboxylic acid groups (broad SMARTS) is 1. The van der Waals surface area contributed by atoms with Crippen LogP contribution in [0.25, 0.3) is 0 Å². The second-order valence-electron chi connectivity index (χ2n) is 7.16. The first-order chi connectivity index (χ1) is 11.3. The molecule has 0 heterocycles. The van der Waals surface area contributed by atoms with Crippen molar-refractivity contribution in [3.05, 3.63) is 23.8 Å². The molecule has 2 rings (SSSR count). The Labute approximate surface area is 142 Å². The molecule has 5 N–H and O–H groups in total. The highest BCUT2D eigenvalue weighted by Crippen LogP contribution is 2.42. The molecule has 0 aliphatic heterocycles. The average Bonchev–Trinajstić information content (AvgIpc) is 2.45. The number of carbonyl (C=O) groups is 1. The Morgan fingerprint density at radius 1 is 1.29 bits per heavy atom. The van der Waals surface area contributed by atoms with Crippen LogP contribution in [-0.2, 0) is 4.79 Å². The Bertz CT molecular complexity index is 500. The van der Waals surface area contributed by atoms with Crippen molar-refractivity contribution in [3.8, 4) is 0 Å². The predicted molar refractivity (Wildman–Crippen MR) is 88.1 cm³/mol. The number of aliphatic hydroxyl groups is 4. The van der Waals surface area contributed by atoms with Crippen molar-refractivity contribution < 1.29 is 30.3 Å². The maximum absolute atomic E-state index is 10.6. The smallest absolute Gasteiger partial charge is 0.305 e. The Hall–Kier alpha value is -1.21. The number of aliphatic carboxylic acids is 1. The fraction of sp³-hybridized carbons (Fsp3) is 0.722. The summed E-state index contributed by atoms with van der Waals surface area (Å²) in [6.07, 6.45) is 3.87. The first-order valence-electron chi connectivity index (χ1n) is 8.62. The Morgan fingerprint density at radius 2 is 2.00 bits per heavy atom. The van der Waals surface area contributed by atoms with Gasteiger partial charge in [0.05, 0.1) is 30.8 Å². The molecule has 0 radical (unpaired) electrons. The molecule has 0 aromatic heterocycles. The standard InChI is InChI=1S/C18H28O6/c1-10-2-3-11-6-13(20)8-16(22)18(11)15(10)5-4-12(19)7-14(21)9-17(23)24/h2-3,6,10,12-16,18-22H,4-5,7-9H2,1H3,(H,23,24)/t10-,12-,13-,14+,15+,16+,18+/m1/s1. The summed E-state index contributed by atoms with van der Waals surface area (Å²) in [5.41, 5.74) is 0.949. The molecule has 0 unspecified atom stereocenters. The number of rotatable bonds is 7. The van der Waals surface area contributed by atoms with Crippen molar-refractivity contribution >= 4 is 5.97 Å². The Morgan fingerprint density at radius 3 is 2.67 bits per heavy atom. The second-order valence-corrected chi connectivity index (χ2v) is 7.16. The highest BCUT2D eigenvalue weighted by atomic mass is 16.4. The summed E-state index contributed by atoms with van der Waals surface area (Å²) in [7, 11) is 0. The van der Waals surface area contributed by atoms with Gasteiger partial charge in [-0.05, 0) is 36.7 Å². The maximum atomic E-state index is 10.6. The first kappa shape index (κ1) is 19.1. The zero-order valence-corrected chi connectivity index (χ0v) is 14.0. The summed E-state index contributed by atoms with van der Waals surface area (Å²) >= 11 is 0. The van der Waals surface area contributed by atoms with Gasteiger partial charge in [-0.2, -0.15) is 0 Å². The molecule has 0 saturated heterocycles. The summed E-state index contributed by atoms with van der Waals surface area (Å²) in [5.74, 6) is -0.743. The molecule has 7 atom stereocenters. The molecule has 136 valence electrons. The van der Waals surface area contributed by atoms with Gasteiger partial charge in [0.1, 0.15) is 0 Å². The van der Waals surface area contributed by atoms with Gasteiger partial charge in [0, 0.05) is 12.3 Å². The lowest BCUT2D eigenvalue weighted by Crippen LogP contribution is -2.40. The maximum Gasteiger partial charge on any atom is 0.305 e. The Balaban J connectivity index is 1.94. The van der Waals surface area contributed by atoms with Crippen LogP contribution >= 0.6 is 0 Å². The van der Waals surface area contributed by atoms with Crippen molar-refractivity contribution in [2.75, 3.05) is 0 Å². The number of carboxylic acids is 1. The zero-order chi connectivity index (χ0) is 17.9. The van der Waals surface area contributed by atoms with Gasteiger partial charge in [0.15, 0.2) is 0 Å². The molecule has 0 aromatic rings. The van der Waals surface area contributed by atoms with Crippen LogP contribution in [0.3, 0.4) is 0 Å². The van der Waals surface area contributed by atoms with Crippen molar-refractivity contribution in [1.82, 2.24) is 0 Å². The van der Waals surface area contributed by atoms with Gasteiger partial charge in [-0.15, -0.1) is 0 Å². The average molecular weight is 340 g/mol. The summed E-state index contributed by atoms with van der Waals surface area (Å²) in [5, 5.41) is 48.5. The van der Waals surface area contributed by atoms with E-state index in [-0.39, 0.29) is 30.6 Å². The van der Waals surface area contributed by atoms with Crippen molar-refractivity contribution in [2.45, 2.75) is 63.4 Å². The van der Waals surface area contributed by atoms with E-state index in [1.54, 1.807) is 6.08 Å². The number of hydrogen-bond acceptors (Lipinski definition) is 5. The van der Waals surface area contributed by atoms with E-state index in [1.807, 2.05) is 6.08 Å². The monoisotopic (exact) mass is 340 g/mol. The lowest BCUT2D eigenvalue weighted by atomic mass is 9.66. The lowest BCUT2D eigenvalue weighted by molar-refractivity contribution is -0.139. The van der Waals surface area contributed by atoms with E-state index in [1.165, 1.54) is 0 Å². The highest BCUT2D eigenvalue weighted by molar-refractivity contribution is 5.67. The molecule has 0 bridgehead atoms. The molecule has 0 saturated carbocycles. The molecular formula is C18H28O6. The van der Waals surface area contributed by atoms with Crippen LogP contribution in [-0.4, -0.2) is 55.9 Å². The van der Waals surface area contributed by atoms with Crippen molar-refractivity contribution in [2.24, 2.45) is 17.8 Å². The molecule has 0 fully saturated rings. The summed E-state index contributed by atoms with van der Waals surface area (Å²) in [4.78, 5) is 10.6. The first-order valence-corrected chi connectivity index (χ1v) is 8.62. The summed E-state index contributed by atoms with van der Waals surface area (Å²) in [6, 6.07) is 0. The topological polar surface area (TPSA) is 118 Å². The van der Waals surface area contributed by atoms with Crippen molar-refractivity contribution in [1.29, 1.82) is 0 Å².